The lowest BCUT2D eigenvalue weighted by atomic mass is 10.0. The molecule has 142 valence electrons. The number of amides is 1. The maximum Gasteiger partial charge on any atom is 0.332 e. The van der Waals surface area contributed by atoms with E-state index in [9.17, 15) is 9.59 Å². The summed E-state index contributed by atoms with van der Waals surface area (Å²) in [6.07, 6.45) is 2.02. The van der Waals surface area contributed by atoms with Gasteiger partial charge in [-0.1, -0.05) is 23.7 Å². The number of hydrogen-bond acceptors (Lipinski definition) is 6. The number of halogens is 1. The van der Waals surface area contributed by atoms with Crippen LogP contribution in [0.1, 0.15) is 30.7 Å². The van der Waals surface area contributed by atoms with Gasteiger partial charge in [0.05, 0.1) is 12.0 Å². The summed E-state index contributed by atoms with van der Waals surface area (Å²) >= 11 is 5.94. The summed E-state index contributed by atoms with van der Waals surface area (Å²) in [5, 5.41) is 6.36. The van der Waals surface area contributed by atoms with Crippen LogP contribution in [0.15, 0.2) is 52.2 Å². The van der Waals surface area contributed by atoms with Gasteiger partial charge in [0.1, 0.15) is 18.4 Å². The van der Waals surface area contributed by atoms with Gasteiger partial charge < -0.3 is 13.9 Å². The molecule has 1 amide bonds. The molecule has 0 fully saturated rings. The lowest BCUT2D eigenvalue weighted by Crippen LogP contribution is -2.31. The summed E-state index contributed by atoms with van der Waals surface area (Å²) in [6.45, 7) is 1.55. The van der Waals surface area contributed by atoms with Gasteiger partial charge in [0.2, 0.25) is 0 Å². The number of esters is 1. The number of hydrazone groups is 1. The predicted octanol–water partition coefficient (Wildman–Crippen LogP) is 3.19. The molecule has 0 bridgehead atoms. The topological polar surface area (TPSA) is 81.3 Å². The van der Waals surface area contributed by atoms with Crippen molar-refractivity contribution >= 4 is 29.2 Å². The van der Waals surface area contributed by atoms with Crippen LogP contribution in [-0.4, -0.2) is 42.4 Å². The normalized spacial score (nSPS) is 16.3. The monoisotopic (exact) mass is 390 g/mol. The highest BCUT2D eigenvalue weighted by molar-refractivity contribution is 6.30. The number of carbonyl (C=O) groups is 2. The molecule has 27 heavy (non-hydrogen) atoms. The summed E-state index contributed by atoms with van der Waals surface area (Å²) in [7, 11) is 0. The van der Waals surface area contributed by atoms with Crippen molar-refractivity contribution in [2.24, 2.45) is 5.10 Å². The van der Waals surface area contributed by atoms with E-state index in [1.165, 1.54) is 5.01 Å². The Labute approximate surface area is 161 Å². The maximum atomic E-state index is 12.6. The summed E-state index contributed by atoms with van der Waals surface area (Å²) in [6, 6.07) is 10.4. The van der Waals surface area contributed by atoms with Crippen molar-refractivity contribution in [1.82, 2.24) is 5.01 Å². The summed E-state index contributed by atoms with van der Waals surface area (Å²) in [5.74, 6) is -0.428. The smallest absolute Gasteiger partial charge is 0.332 e. The molecule has 2 heterocycles. The largest absolute Gasteiger partial charge is 0.467 e. The molecule has 1 aliphatic rings. The van der Waals surface area contributed by atoms with Crippen LogP contribution in [0.4, 0.5) is 0 Å². The molecule has 7 nitrogen and oxygen atoms in total. The Morgan fingerprint density at radius 3 is 2.70 bits per heavy atom. The van der Waals surface area contributed by atoms with E-state index in [0.29, 0.717) is 23.8 Å². The van der Waals surface area contributed by atoms with Crippen molar-refractivity contribution in [3.63, 3.8) is 0 Å². The standard InChI is InChI=1S/C19H19ClN2O5/c1-2-25-12-19(24)27-11-18(23)22-16(17-4-3-9-26-17)10-15(21-22)13-5-7-14(20)8-6-13/h3-9,16H,2,10-12H2,1H3. The van der Waals surface area contributed by atoms with E-state index in [-0.39, 0.29) is 6.61 Å². The van der Waals surface area contributed by atoms with Gasteiger partial charge in [0.15, 0.2) is 6.61 Å². The van der Waals surface area contributed by atoms with Gasteiger partial charge in [0, 0.05) is 18.1 Å². The predicted molar refractivity (Wildman–Crippen MR) is 98.4 cm³/mol. The Morgan fingerprint density at radius 1 is 1.26 bits per heavy atom. The van der Waals surface area contributed by atoms with Crippen LogP contribution in [0.3, 0.4) is 0 Å². The van der Waals surface area contributed by atoms with Crippen LogP contribution < -0.4 is 0 Å². The first-order valence-corrected chi connectivity index (χ1v) is 8.88. The van der Waals surface area contributed by atoms with Gasteiger partial charge in [-0.15, -0.1) is 0 Å². The second-order valence-corrected chi connectivity index (χ2v) is 6.26. The van der Waals surface area contributed by atoms with Crippen molar-refractivity contribution < 1.29 is 23.5 Å². The zero-order valence-electron chi connectivity index (χ0n) is 14.8. The Kier molecular flexibility index (Phi) is 6.26. The molecule has 1 aliphatic heterocycles. The van der Waals surface area contributed by atoms with E-state index in [1.54, 1.807) is 37.5 Å². The molecule has 8 heteroatoms. The third-order valence-electron chi connectivity index (χ3n) is 4.00. The number of benzene rings is 1. The Balaban J connectivity index is 1.74. The second-order valence-electron chi connectivity index (χ2n) is 5.83. The van der Waals surface area contributed by atoms with Crippen molar-refractivity contribution in [1.29, 1.82) is 0 Å². The molecule has 1 aromatic carbocycles. The molecule has 0 saturated heterocycles. The molecule has 0 spiro atoms. The number of furan rings is 1. The quantitative estimate of drug-likeness (QED) is 0.678. The fraction of sp³-hybridized carbons (Fsp3) is 0.316. The van der Waals surface area contributed by atoms with E-state index in [2.05, 4.69) is 5.10 Å². The van der Waals surface area contributed by atoms with E-state index in [1.807, 2.05) is 12.1 Å². The minimum absolute atomic E-state index is 0.190. The third-order valence-corrected chi connectivity index (χ3v) is 4.25. The Hall–Kier alpha value is -2.64. The van der Waals surface area contributed by atoms with Crippen LogP contribution in [0.25, 0.3) is 0 Å². The van der Waals surface area contributed by atoms with Crippen molar-refractivity contribution in [3.05, 3.63) is 59.0 Å². The van der Waals surface area contributed by atoms with Gasteiger partial charge in [-0.25, -0.2) is 9.80 Å². The first-order valence-electron chi connectivity index (χ1n) is 8.50. The number of hydrogen-bond donors (Lipinski definition) is 0. The second kappa shape index (κ2) is 8.83. The molecule has 0 N–H and O–H groups in total. The van der Waals surface area contributed by atoms with Gasteiger partial charge in [-0.3, -0.25) is 4.79 Å². The third kappa shape index (κ3) is 4.75. The highest BCUT2D eigenvalue weighted by Crippen LogP contribution is 2.33. The molecule has 3 rings (SSSR count). The molecular weight excluding hydrogens is 372 g/mol. The van der Waals surface area contributed by atoms with E-state index in [4.69, 9.17) is 25.5 Å². The Bertz CT molecular complexity index is 817. The van der Waals surface area contributed by atoms with Crippen LogP contribution >= 0.6 is 11.6 Å². The summed E-state index contributed by atoms with van der Waals surface area (Å²) in [4.78, 5) is 24.2. The van der Waals surface area contributed by atoms with Crippen molar-refractivity contribution in [3.8, 4) is 0 Å². The van der Waals surface area contributed by atoms with Gasteiger partial charge in [0.25, 0.3) is 5.91 Å². The van der Waals surface area contributed by atoms with Crippen LogP contribution in [-0.2, 0) is 19.1 Å². The fourth-order valence-electron chi connectivity index (χ4n) is 2.70. The van der Waals surface area contributed by atoms with Crippen molar-refractivity contribution in [2.75, 3.05) is 19.8 Å². The van der Waals surface area contributed by atoms with Gasteiger partial charge in [-0.05, 0) is 36.8 Å². The van der Waals surface area contributed by atoms with E-state index < -0.39 is 24.5 Å². The van der Waals surface area contributed by atoms with Crippen molar-refractivity contribution in [2.45, 2.75) is 19.4 Å². The highest BCUT2D eigenvalue weighted by Gasteiger charge is 2.35. The molecule has 1 aromatic heterocycles. The molecule has 0 radical (unpaired) electrons. The first-order chi connectivity index (χ1) is 13.1. The molecule has 2 aromatic rings. The zero-order chi connectivity index (χ0) is 19.2. The average Bonchev–Trinajstić information content (AvgIpc) is 3.34. The van der Waals surface area contributed by atoms with Gasteiger partial charge >= 0.3 is 5.97 Å². The molecule has 1 atom stereocenters. The van der Waals surface area contributed by atoms with Crippen LogP contribution in [0, 0.1) is 0 Å². The SMILES string of the molecule is CCOCC(=O)OCC(=O)N1N=C(c2ccc(Cl)cc2)CC1c1ccco1. The maximum absolute atomic E-state index is 12.6. The van der Waals surface area contributed by atoms with Gasteiger partial charge in [-0.2, -0.15) is 5.10 Å². The number of carbonyl (C=O) groups excluding carboxylic acids is 2. The molecule has 0 saturated carbocycles. The zero-order valence-corrected chi connectivity index (χ0v) is 15.5. The van der Waals surface area contributed by atoms with E-state index >= 15 is 0 Å². The highest BCUT2D eigenvalue weighted by atomic mass is 35.5. The fourth-order valence-corrected chi connectivity index (χ4v) is 2.82. The van der Waals surface area contributed by atoms with Crippen LogP contribution in [0.2, 0.25) is 5.02 Å². The first kappa shape index (κ1) is 19.1. The molecule has 1 unspecified atom stereocenters. The van der Waals surface area contributed by atoms with E-state index in [0.717, 1.165) is 11.3 Å². The minimum atomic E-state index is -0.596. The number of ether oxygens (including phenoxy) is 2. The lowest BCUT2D eigenvalue weighted by molar-refractivity contribution is -0.156. The summed E-state index contributed by atoms with van der Waals surface area (Å²) in [5.41, 5.74) is 1.58. The lowest BCUT2D eigenvalue weighted by Gasteiger charge is -2.19. The Morgan fingerprint density at radius 2 is 2.04 bits per heavy atom. The van der Waals surface area contributed by atoms with Crippen LogP contribution in [0.5, 0.6) is 0 Å². The number of rotatable bonds is 7. The molecular formula is C19H19ClN2O5. The average molecular weight is 391 g/mol. The summed E-state index contributed by atoms with van der Waals surface area (Å²) < 4.78 is 15.4. The molecule has 0 aliphatic carbocycles. The minimum Gasteiger partial charge on any atom is -0.467 e. The number of nitrogens with zero attached hydrogens (tertiary/aromatic N) is 2.